The van der Waals surface area contributed by atoms with Gasteiger partial charge in [-0.15, -0.1) is 0 Å². The third kappa shape index (κ3) is 3.66. The Bertz CT molecular complexity index is 594. The van der Waals surface area contributed by atoms with Gasteiger partial charge in [-0.05, 0) is 47.7 Å². The number of aromatic nitrogens is 2. The summed E-state index contributed by atoms with van der Waals surface area (Å²) in [5.41, 5.74) is 0.599. The van der Waals surface area contributed by atoms with Crippen molar-refractivity contribution in [2.75, 3.05) is 17.2 Å². The summed E-state index contributed by atoms with van der Waals surface area (Å²) in [5.74, 6) is -0.0710. The highest BCUT2D eigenvalue weighted by Crippen LogP contribution is 2.27. The summed E-state index contributed by atoms with van der Waals surface area (Å²) < 4.78 is 14.7. The van der Waals surface area contributed by atoms with Crippen molar-refractivity contribution in [1.29, 1.82) is 0 Å². The Hall–Kier alpha value is -1.15. The van der Waals surface area contributed by atoms with Crippen LogP contribution in [-0.4, -0.2) is 16.5 Å². The highest BCUT2D eigenvalue weighted by molar-refractivity contribution is 14.1. The summed E-state index contributed by atoms with van der Waals surface area (Å²) in [7, 11) is 0. The lowest BCUT2D eigenvalue weighted by molar-refractivity contribution is 0.619. The third-order valence-corrected chi connectivity index (χ3v) is 3.25. The van der Waals surface area contributed by atoms with Crippen LogP contribution < -0.4 is 10.6 Å². The molecule has 0 amide bonds. The number of benzene rings is 1. The topological polar surface area (TPSA) is 49.8 Å². The maximum absolute atomic E-state index is 13.6. The van der Waals surface area contributed by atoms with Gasteiger partial charge in [0.05, 0.1) is 16.9 Å². The second-order valence-electron chi connectivity index (χ2n) is 3.67. The molecule has 100 valence electrons. The number of halogens is 3. The van der Waals surface area contributed by atoms with Gasteiger partial charge in [-0.3, -0.25) is 0 Å². The molecule has 19 heavy (non-hydrogen) atoms. The average Bonchev–Trinajstić information content (AvgIpc) is 2.37. The fraction of sp³-hybridized carbons (Fsp3) is 0.167. The smallest absolute Gasteiger partial charge is 0.224 e. The first-order valence-electron chi connectivity index (χ1n) is 5.58. The summed E-state index contributed by atoms with van der Waals surface area (Å²) in [6.45, 7) is 2.57. The van der Waals surface area contributed by atoms with E-state index in [1.54, 1.807) is 12.1 Å². The van der Waals surface area contributed by atoms with Gasteiger partial charge in [0.15, 0.2) is 11.6 Å². The lowest BCUT2D eigenvalue weighted by atomic mass is 10.3. The van der Waals surface area contributed by atoms with E-state index in [-0.39, 0.29) is 5.82 Å². The van der Waals surface area contributed by atoms with Gasteiger partial charge in [-0.25, -0.2) is 9.37 Å². The minimum Gasteiger partial charge on any atom is -0.354 e. The molecule has 0 aliphatic heterocycles. The minimum absolute atomic E-state index is 0.0917. The number of rotatable bonds is 4. The second kappa shape index (κ2) is 6.33. The zero-order valence-electron chi connectivity index (χ0n) is 10.0. The van der Waals surface area contributed by atoms with E-state index in [1.807, 2.05) is 13.0 Å². The average molecular weight is 393 g/mol. The fourth-order valence-electron chi connectivity index (χ4n) is 1.42. The Morgan fingerprint density at radius 2 is 2.21 bits per heavy atom. The Labute approximate surface area is 128 Å². The van der Waals surface area contributed by atoms with Crippen molar-refractivity contribution in [3.05, 3.63) is 38.8 Å². The molecule has 2 rings (SSSR count). The van der Waals surface area contributed by atoms with Crippen molar-refractivity contribution in [2.24, 2.45) is 0 Å². The fourth-order valence-corrected chi connectivity index (χ4v) is 2.32. The van der Waals surface area contributed by atoms with Gasteiger partial charge >= 0.3 is 0 Å². The zero-order chi connectivity index (χ0) is 13.8. The predicted molar refractivity (Wildman–Crippen MR) is 83.6 cm³/mol. The van der Waals surface area contributed by atoms with E-state index in [1.165, 1.54) is 0 Å². The summed E-state index contributed by atoms with van der Waals surface area (Å²) in [6.07, 6.45) is 1.12. The van der Waals surface area contributed by atoms with E-state index in [0.717, 1.165) is 9.77 Å². The molecule has 0 radical (unpaired) electrons. The van der Waals surface area contributed by atoms with E-state index >= 15 is 0 Å². The lowest BCUT2D eigenvalue weighted by Crippen LogP contribution is -2.06. The Kier molecular flexibility index (Phi) is 4.76. The van der Waals surface area contributed by atoms with Crippen LogP contribution in [0.15, 0.2) is 24.4 Å². The molecule has 1 aromatic heterocycles. The summed E-state index contributed by atoms with van der Waals surface area (Å²) in [6, 6.07) is 5.44. The molecule has 0 fully saturated rings. The minimum atomic E-state index is -0.531. The number of nitrogens with one attached hydrogen (secondary N) is 2. The molecular formula is C12H11ClFIN4. The van der Waals surface area contributed by atoms with Crippen LogP contribution >= 0.6 is 34.2 Å². The van der Waals surface area contributed by atoms with E-state index in [9.17, 15) is 4.39 Å². The molecule has 7 heteroatoms. The van der Waals surface area contributed by atoms with Gasteiger partial charge in [-0.1, -0.05) is 11.6 Å². The van der Waals surface area contributed by atoms with Crippen LogP contribution in [0, 0.1) is 9.39 Å². The lowest BCUT2D eigenvalue weighted by Gasteiger charge is -2.10. The van der Waals surface area contributed by atoms with Gasteiger partial charge in [0, 0.05) is 10.1 Å². The van der Waals surface area contributed by atoms with Crippen molar-refractivity contribution < 1.29 is 4.39 Å². The molecule has 0 unspecified atom stereocenters. The maximum atomic E-state index is 13.6. The Morgan fingerprint density at radius 3 is 2.89 bits per heavy atom. The first kappa shape index (κ1) is 14.3. The van der Waals surface area contributed by atoms with E-state index in [0.29, 0.717) is 23.2 Å². The van der Waals surface area contributed by atoms with Crippen molar-refractivity contribution >= 4 is 51.6 Å². The van der Waals surface area contributed by atoms with Gasteiger partial charge in [0.1, 0.15) is 0 Å². The summed E-state index contributed by atoms with van der Waals surface area (Å²) >= 11 is 8.24. The highest BCUT2D eigenvalue weighted by Gasteiger charge is 2.09. The van der Waals surface area contributed by atoms with Gasteiger partial charge in [0.2, 0.25) is 5.95 Å². The molecule has 0 saturated carbocycles. The molecule has 2 aromatic rings. The van der Waals surface area contributed by atoms with Crippen LogP contribution in [0.3, 0.4) is 0 Å². The molecule has 0 saturated heterocycles. The monoisotopic (exact) mass is 392 g/mol. The second-order valence-corrected chi connectivity index (χ2v) is 5.32. The zero-order valence-corrected chi connectivity index (χ0v) is 13.0. The van der Waals surface area contributed by atoms with Crippen LogP contribution in [0.25, 0.3) is 0 Å². The van der Waals surface area contributed by atoms with Crippen LogP contribution in [-0.2, 0) is 0 Å². The van der Waals surface area contributed by atoms with Crippen LogP contribution in [0.1, 0.15) is 6.92 Å². The molecule has 0 spiro atoms. The van der Waals surface area contributed by atoms with Crippen LogP contribution in [0.4, 0.5) is 21.8 Å². The van der Waals surface area contributed by atoms with Crippen LogP contribution in [0.2, 0.25) is 5.02 Å². The standard InChI is InChI=1S/C12H11ClFIN4/c1-2-16-12-17-6-9(14)11(19-12)18-10-4-3-7(15)5-8(10)13/h3-6H,2H2,1H3,(H2,16,17,18,19). The van der Waals surface area contributed by atoms with Gasteiger partial charge in [-0.2, -0.15) is 4.98 Å². The van der Waals surface area contributed by atoms with E-state index in [2.05, 4.69) is 43.2 Å². The van der Waals surface area contributed by atoms with Crippen molar-refractivity contribution in [3.63, 3.8) is 0 Å². The molecule has 0 atom stereocenters. The SMILES string of the molecule is CCNc1ncc(F)c(Nc2ccc(I)cc2Cl)n1. The van der Waals surface area contributed by atoms with E-state index in [4.69, 9.17) is 11.6 Å². The first-order chi connectivity index (χ1) is 9.10. The maximum Gasteiger partial charge on any atom is 0.224 e. The molecule has 1 heterocycles. The normalized spacial score (nSPS) is 10.3. The summed E-state index contributed by atoms with van der Waals surface area (Å²) in [5, 5.41) is 6.30. The highest BCUT2D eigenvalue weighted by atomic mass is 127. The molecule has 4 nitrogen and oxygen atoms in total. The molecule has 2 N–H and O–H groups in total. The van der Waals surface area contributed by atoms with Crippen molar-refractivity contribution in [2.45, 2.75) is 6.92 Å². The molecule has 1 aromatic carbocycles. The Morgan fingerprint density at radius 1 is 1.42 bits per heavy atom. The molecular weight excluding hydrogens is 382 g/mol. The Balaban J connectivity index is 2.29. The van der Waals surface area contributed by atoms with Crippen LogP contribution in [0.5, 0.6) is 0 Å². The van der Waals surface area contributed by atoms with Crippen molar-refractivity contribution in [3.8, 4) is 0 Å². The van der Waals surface area contributed by atoms with Crippen molar-refractivity contribution in [1.82, 2.24) is 9.97 Å². The number of hydrogen-bond acceptors (Lipinski definition) is 4. The first-order valence-corrected chi connectivity index (χ1v) is 7.04. The third-order valence-electron chi connectivity index (χ3n) is 2.26. The quantitative estimate of drug-likeness (QED) is 0.771. The summed E-state index contributed by atoms with van der Waals surface area (Å²) in [4.78, 5) is 7.89. The molecule has 0 bridgehead atoms. The van der Waals surface area contributed by atoms with E-state index < -0.39 is 5.82 Å². The predicted octanol–water partition coefficient (Wildman–Crippen LogP) is 4.05. The van der Waals surface area contributed by atoms with Gasteiger partial charge in [0.25, 0.3) is 0 Å². The molecule has 0 aliphatic carbocycles. The van der Waals surface area contributed by atoms with Gasteiger partial charge < -0.3 is 10.6 Å². The molecule has 0 aliphatic rings. The number of nitrogens with zero attached hydrogens (tertiary/aromatic N) is 2. The number of anilines is 3. The number of hydrogen-bond donors (Lipinski definition) is 2. The largest absolute Gasteiger partial charge is 0.354 e.